The van der Waals surface area contributed by atoms with Crippen molar-refractivity contribution in [1.82, 2.24) is 15.2 Å². The molecule has 20 heavy (non-hydrogen) atoms. The number of nitrogens with zero attached hydrogens (tertiary/aromatic N) is 2. The standard InChI is InChI=1S/C14H20N4O2/c1-2-7-15-12-5-3-4-11(17-12)14(20)18-9-6-13(19)16-8-10-18/h3-5H,2,6-10H2,1H3,(H,15,17)(H,16,19). The van der Waals surface area contributed by atoms with Crippen molar-refractivity contribution < 1.29 is 9.59 Å². The van der Waals surface area contributed by atoms with Crippen molar-refractivity contribution in [3.05, 3.63) is 23.9 Å². The van der Waals surface area contributed by atoms with Gasteiger partial charge in [0.1, 0.15) is 11.5 Å². The van der Waals surface area contributed by atoms with E-state index < -0.39 is 0 Å². The summed E-state index contributed by atoms with van der Waals surface area (Å²) in [5.74, 6) is 0.579. The highest BCUT2D eigenvalue weighted by atomic mass is 16.2. The number of carbonyl (C=O) groups excluding carboxylic acids is 2. The van der Waals surface area contributed by atoms with Crippen molar-refractivity contribution in [3.63, 3.8) is 0 Å². The van der Waals surface area contributed by atoms with E-state index >= 15 is 0 Å². The molecule has 1 aliphatic heterocycles. The smallest absolute Gasteiger partial charge is 0.272 e. The molecule has 108 valence electrons. The van der Waals surface area contributed by atoms with Gasteiger partial charge in [-0.1, -0.05) is 13.0 Å². The van der Waals surface area contributed by atoms with Crippen LogP contribution < -0.4 is 10.6 Å². The molecule has 0 aromatic carbocycles. The van der Waals surface area contributed by atoms with Gasteiger partial charge < -0.3 is 15.5 Å². The summed E-state index contributed by atoms with van der Waals surface area (Å²) in [6.45, 7) is 4.37. The van der Waals surface area contributed by atoms with Crippen molar-refractivity contribution in [1.29, 1.82) is 0 Å². The minimum Gasteiger partial charge on any atom is -0.370 e. The van der Waals surface area contributed by atoms with Crippen molar-refractivity contribution >= 4 is 17.6 Å². The number of hydrogen-bond donors (Lipinski definition) is 2. The zero-order valence-electron chi connectivity index (χ0n) is 11.7. The molecule has 2 heterocycles. The third kappa shape index (κ3) is 3.69. The van der Waals surface area contributed by atoms with Gasteiger partial charge in [-0.15, -0.1) is 0 Å². The Morgan fingerprint density at radius 3 is 3.10 bits per heavy atom. The Bertz CT molecular complexity index is 490. The summed E-state index contributed by atoms with van der Waals surface area (Å²) in [5.41, 5.74) is 0.417. The summed E-state index contributed by atoms with van der Waals surface area (Å²) in [6, 6.07) is 5.37. The fourth-order valence-electron chi connectivity index (χ4n) is 2.04. The number of rotatable bonds is 4. The summed E-state index contributed by atoms with van der Waals surface area (Å²) < 4.78 is 0. The van der Waals surface area contributed by atoms with Gasteiger partial charge in [0.15, 0.2) is 0 Å². The molecule has 0 radical (unpaired) electrons. The quantitative estimate of drug-likeness (QED) is 0.855. The molecule has 0 unspecified atom stereocenters. The van der Waals surface area contributed by atoms with Crippen LogP contribution in [-0.2, 0) is 4.79 Å². The predicted molar refractivity (Wildman–Crippen MR) is 76.5 cm³/mol. The summed E-state index contributed by atoms with van der Waals surface area (Å²) in [5, 5.41) is 5.92. The average molecular weight is 276 g/mol. The number of amides is 2. The van der Waals surface area contributed by atoms with E-state index in [-0.39, 0.29) is 11.8 Å². The molecular formula is C14H20N4O2. The topological polar surface area (TPSA) is 74.3 Å². The molecule has 1 saturated heterocycles. The summed E-state index contributed by atoms with van der Waals surface area (Å²) in [6.07, 6.45) is 1.35. The molecular weight excluding hydrogens is 256 g/mol. The van der Waals surface area contributed by atoms with Crippen LogP contribution in [0.5, 0.6) is 0 Å². The molecule has 2 amide bonds. The van der Waals surface area contributed by atoms with E-state index in [4.69, 9.17) is 0 Å². The number of carbonyl (C=O) groups is 2. The second-order valence-electron chi connectivity index (χ2n) is 4.73. The van der Waals surface area contributed by atoms with Crippen LogP contribution in [0.2, 0.25) is 0 Å². The van der Waals surface area contributed by atoms with Crippen LogP contribution in [0, 0.1) is 0 Å². The lowest BCUT2D eigenvalue weighted by molar-refractivity contribution is -0.120. The average Bonchev–Trinajstić information content (AvgIpc) is 2.69. The van der Waals surface area contributed by atoms with Gasteiger partial charge in [0.2, 0.25) is 5.91 Å². The lowest BCUT2D eigenvalue weighted by atomic mass is 10.3. The van der Waals surface area contributed by atoms with Crippen molar-refractivity contribution in [2.24, 2.45) is 0 Å². The number of nitrogens with one attached hydrogen (secondary N) is 2. The molecule has 1 aromatic rings. The van der Waals surface area contributed by atoms with Crippen molar-refractivity contribution in [2.45, 2.75) is 19.8 Å². The third-order valence-electron chi connectivity index (χ3n) is 3.12. The third-order valence-corrected chi connectivity index (χ3v) is 3.12. The molecule has 1 fully saturated rings. The van der Waals surface area contributed by atoms with E-state index in [9.17, 15) is 9.59 Å². The van der Waals surface area contributed by atoms with E-state index in [1.165, 1.54) is 0 Å². The Morgan fingerprint density at radius 1 is 1.45 bits per heavy atom. The first-order valence-corrected chi connectivity index (χ1v) is 6.97. The van der Waals surface area contributed by atoms with Crippen LogP contribution in [-0.4, -0.2) is 47.9 Å². The Labute approximate surface area is 118 Å². The van der Waals surface area contributed by atoms with Crippen LogP contribution >= 0.6 is 0 Å². The van der Waals surface area contributed by atoms with Gasteiger partial charge in [-0.05, 0) is 18.6 Å². The van der Waals surface area contributed by atoms with Crippen LogP contribution in [0.3, 0.4) is 0 Å². The highest BCUT2D eigenvalue weighted by Crippen LogP contribution is 2.09. The Kier molecular flexibility index (Phi) is 4.92. The minimum absolute atomic E-state index is 0.00776. The molecule has 1 aliphatic rings. The van der Waals surface area contributed by atoms with Gasteiger partial charge >= 0.3 is 0 Å². The first kappa shape index (κ1) is 14.3. The predicted octanol–water partition coefficient (Wildman–Crippen LogP) is 0.866. The highest BCUT2D eigenvalue weighted by molar-refractivity contribution is 5.93. The SMILES string of the molecule is CCCNc1cccc(C(=O)N2CCNC(=O)CC2)n1. The monoisotopic (exact) mass is 276 g/mol. The van der Waals surface area contributed by atoms with E-state index in [0.29, 0.717) is 37.6 Å². The molecule has 6 nitrogen and oxygen atoms in total. The van der Waals surface area contributed by atoms with Gasteiger partial charge in [-0.3, -0.25) is 9.59 Å². The second-order valence-corrected chi connectivity index (χ2v) is 4.73. The van der Waals surface area contributed by atoms with E-state index in [2.05, 4.69) is 22.5 Å². The lowest BCUT2D eigenvalue weighted by Gasteiger charge is -2.19. The van der Waals surface area contributed by atoms with E-state index in [1.807, 2.05) is 12.1 Å². The van der Waals surface area contributed by atoms with E-state index in [1.54, 1.807) is 11.0 Å². The maximum Gasteiger partial charge on any atom is 0.272 e. The largest absolute Gasteiger partial charge is 0.370 e. The molecule has 6 heteroatoms. The number of anilines is 1. The molecule has 2 N–H and O–H groups in total. The van der Waals surface area contributed by atoms with Gasteiger partial charge in [0.05, 0.1) is 0 Å². The second kappa shape index (κ2) is 6.88. The Balaban J connectivity index is 2.06. The molecule has 0 saturated carbocycles. The van der Waals surface area contributed by atoms with Crippen LogP contribution in [0.4, 0.5) is 5.82 Å². The first-order chi connectivity index (χ1) is 9.70. The normalized spacial score (nSPS) is 15.4. The maximum atomic E-state index is 12.4. The van der Waals surface area contributed by atoms with Gasteiger partial charge in [-0.2, -0.15) is 0 Å². The summed E-state index contributed by atoms with van der Waals surface area (Å²) in [4.78, 5) is 29.7. The lowest BCUT2D eigenvalue weighted by Crippen LogP contribution is -2.34. The summed E-state index contributed by atoms with van der Waals surface area (Å²) in [7, 11) is 0. The Morgan fingerprint density at radius 2 is 2.30 bits per heavy atom. The molecule has 0 spiro atoms. The van der Waals surface area contributed by atoms with Crippen molar-refractivity contribution in [3.8, 4) is 0 Å². The number of hydrogen-bond acceptors (Lipinski definition) is 4. The summed E-state index contributed by atoms with van der Waals surface area (Å²) >= 11 is 0. The first-order valence-electron chi connectivity index (χ1n) is 6.97. The van der Waals surface area contributed by atoms with Crippen LogP contribution in [0.25, 0.3) is 0 Å². The maximum absolute atomic E-state index is 12.4. The molecule has 0 aliphatic carbocycles. The van der Waals surface area contributed by atoms with E-state index in [0.717, 1.165) is 13.0 Å². The molecule has 0 bridgehead atoms. The Hall–Kier alpha value is -2.11. The van der Waals surface area contributed by atoms with Gasteiger partial charge in [-0.25, -0.2) is 4.98 Å². The number of pyridine rings is 1. The fourth-order valence-corrected chi connectivity index (χ4v) is 2.04. The zero-order valence-corrected chi connectivity index (χ0v) is 11.7. The number of aromatic nitrogens is 1. The highest BCUT2D eigenvalue weighted by Gasteiger charge is 2.20. The molecule has 2 rings (SSSR count). The van der Waals surface area contributed by atoms with Gasteiger partial charge in [0, 0.05) is 32.6 Å². The van der Waals surface area contributed by atoms with Crippen molar-refractivity contribution in [2.75, 3.05) is 31.5 Å². The van der Waals surface area contributed by atoms with Gasteiger partial charge in [0.25, 0.3) is 5.91 Å². The molecule has 1 aromatic heterocycles. The van der Waals surface area contributed by atoms with Crippen LogP contribution in [0.15, 0.2) is 18.2 Å². The molecule has 0 atom stereocenters. The fraction of sp³-hybridized carbons (Fsp3) is 0.500. The zero-order chi connectivity index (χ0) is 14.4. The minimum atomic E-state index is -0.123. The van der Waals surface area contributed by atoms with Crippen LogP contribution in [0.1, 0.15) is 30.3 Å².